The Labute approximate surface area is 126 Å². The van der Waals surface area contributed by atoms with Crippen LogP contribution in [0.25, 0.3) is 0 Å². The second-order valence-corrected chi connectivity index (χ2v) is 5.33. The maximum atomic E-state index is 12.0. The van der Waals surface area contributed by atoms with Crippen molar-refractivity contribution in [1.82, 2.24) is 10.6 Å². The van der Waals surface area contributed by atoms with Gasteiger partial charge in [-0.15, -0.1) is 12.4 Å². The summed E-state index contributed by atoms with van der Waals surface area (Å²) >= 11 is 0. The van der Waals surface area contributed by atoms with Gasteiger partial charge < -0.3 is 15.7 Å². The predicted molar refractivity (Wildman–Crippen MR) is 81.9 cm³/mol. The molecule has 0 saturated carbocycles. The van der Waals surface area contributed by atoms with Gasteiger partial charge in [0.25, 0.3) is 0 Å². The van der Waals surface area contributed by atoms with Gasteiger partial charge in [-0.05, 0) is 38.3 Å². The number of rotatable bonds is 5. The lowest BCUT2D eigenvalue weighted by Gasteiger charge is -2.23. The van der Waals surface area contributed by atoms with Crippen molar-refractivity contribution in [2.45, 2.75) is 37.8 Å². The van der Waals surface area contributed by atoms with Crippen molar-refractivity contribution in [2.75, 3.05) is 13.1 Å². The molecule has 112 valence electrons. The van der Waals surface area contributed by atoms with Gasteiger partial charge in [0.05, 0.1) is 11.6 Å². The second-order valence-electron chi connectivity index (χ2n) is 5.33. The average Bonchev–Trinajstić information content (AvgIpc) is 2.88. The molecule has 0 aliphatic carbocycles. The van der Waals surface area contributed by atoms with E-state index in [1.54, 1.807) is 0 Å². The van der Waals surface area contributed by atoms with E-state index in [0.717, 1.165) is 24.9 Å². The molecule has 2 rings (SSSR count). The van der Waals surface area contributed by atoms with Gasteiger partial charge in [0.2, 0.25) is 5.91 Å². The van der Waals surface area contributed by atoms with Crippen LogP contribution in [0.1, 0.15) is 37.9 Å². The summed E-state index contributed by atoms with van der Waals surface area (Å²) in [6.07, 6.45) is 1.92. The lowest BCUT2D eigenvalue weighted by Crippen LogP contribution is -2.51. The van der Waals surface area contributed by atoms with Crippen LogP contribution in [0.3, 0.4) is 0 Å². The van der Waals surface area contributed by atoms with Crippen LogP contribution < -0.4 is 10.6 Å². The molecule has 1 fully saturated rings. The SMILES string of the molecule is CC1(C(=O)NCCC(O)c2ccccc2)CCCN1.Cl. The number of benzene rings is 1. The van der Waals surface area contributed by atoms with Gasteiger partial charge in [-0.2, -0.15) is 0 Å². The summed E-state index contributed by atoms with van der Waals surface area (Å²) in [5.74, 6) is 0.0326. The molecule has 4 nitrogen and oxygen atoms in total. The molecule has 2 atom stereocenters. The number of halogens is 1. The second kappa shape index (κ2) is 7.62. The zero-order valence-corrected chi connectivity index (χ0v) is 12.6. The summed E-state index contributed by atoms with van der Waals surface area (Å²) in [6.45, 7) is 3.33. The Hall–Kier alpha value is -1.10. The first-order valence-corrected chi connectivity index (χ1v) is 6.88. The van der Waals surface area contributed by atoms with Crippen molar-refractivity contribution in [3.63, 3.8) is 0 Å². The van der Waals surface area contributed by atoms with Gasteiger partial charge in [0.15, 0.2) is 0 Å². The molecule has 1 saturated heterocycles. The minimum atomic E-state index is -0.522. The van der Waals surface area contributed by atoms with E-state index in [1.165, 1.54) is 0 Å². The number of aliphatic hydroxyl groups is 1. The van der Waals surface area contributed by atoms with Gasteiger partial charge in [-0.1, -0.05) is 30.3 Å². The predicted octanol–water partition coefficient (Wildman–Crippen LogP) is 1.79. The summed E-state index contributed by atoms with van der Waals surface area (Å²) in [7, 11) is 0. The molecule has 1 aliphatic rings. The Bertz CT molecular complexity index is 419. The van der Waals surface area contributed by atoms with Gasteiger partial charge in [0, 0.05) is 6.54 Å². The minimum Gasteiger partial charge on any atom is -0.388 e. The van der Waals surface area contributed by atoms with Crippen LogP contribution in [0.2, 0.25) is 0 Å². The van der Waals surface area contributed by atoms with Gasteiger partial charge in [-0.3, -0.25) is 4.79 Å². The molecule has 1 aliphatic heterocycles. The third-order valence-corrected chi connectivity index (χ3v) is 3.76. The summed E-state index contributed by atoms with van der Waals surface area (Å²) in [4.78, 5) is 12.0. The normalized spacial score (nSPS) is 22.9. The van der Waals surface area contributed by atoms with E-state index in [4.69, 9.17) is 0 Å². The van der Waals surface area contributed by atoms with Crippen LogP contribution in [0.5, 0.6) is 0 Å². The third-order valence-electron chi connectivity index (χ3n) is 3.76. The first-order chi connectivity index (χ1) is 9.12. The van der Waals surface area contributed by atoms with E-state index < -0.39 is 11.6 Å². The molecule has 5 heteroatoms. The van der Waals surface area contributed by atoms with Gasteiger partial charge >= 0.3 is 0 Å². The molecule has 1 aromatic carbocycles. The molecule has 0 radical (unpaired) electrons. The smallest absolute Gasteiger partial charge is 0.240 e. The number of carbonyl (C=O) groups is 1. The van der Waals surface area contributed by atoms with E-state index in [9.17, 15) is 9.90 Å². The Balaban J connectivity index is 0.00000200. The van der Waals surface area contributed by atoms with E-state index in [-0.39, 0.29) is 18.3 Å². The molecule has 1 heterocycles. The molecule has 3 N–H and O–H groups in total. The topological polar surface area (TPSA) is 61.4 Å². The molecule has 1 aromatic rings. The van der Waals surface area contributed by atoms with Crippen LogP contribution in [0, 0.1) is 0 Å². The van der Waals surface area contributed by atoms with E-state index in [2.05, 4.69) is 10.6 Å². The number of hydrogen-bond acceptors (Lipinski definition) is 3. The standard InChI is InChI=1S/C15H22N2O2.ClH/c1-15(9-5-10-17-15)14(19)16-11-8-13(18)12-6-3-2-4-7-12;/h2-4,6-7,13,17-18H,5,8-11H2,1H3,(H,16,19);1H. The molecule has 0 aromatic heterocycles. The number of aliphatic hydroxyl groups excluding tert-OH is 1. The zero-order chi connectivity index (χ0) is 13.7. The highest BCUT2D eigenvalue weighted by Gasteiger charge is 2.35. The fourth-order valence-corrected chi connectivity index (χ4v) is 2.45. The number of hydrogen-bond donors (Lipinski definition) is 3. The number of carbonyl (C=O) groups excluding carboxylic acids is 1. The van der Waals surface area contributed by atoms with Crippen molar-refractivity contribution in [1.29, 1.82) is 0 Å². The summed E-state index contributed by atoms with van der Waals surface area (Å²) < 4.78 is 0. The average molecular weight is 299 g/mol. The summed E-state index contributed by atoms with van der Waals surface area (Å²) in [5.41, 5.74) is 0.458. The fourth-order valence-electron chi connectivity index (χ4n) is 2.45. The molecular formula is C15H23ClN2O2. The summed E-state index contributed by atoms with van der Waals surface area (Å²) in [6, 6.07) is 9.52. The molecule has 0 bridgehead atoms. The van der Waals surface area contributed by atoms with Crippen LogP contribution in [-0.4, -0.2) is 29.6 Å². The number of amides is 1. The fraction of sp³-hybridized carbons (Fsp3) is 0.533. The van der Waals surface area contributed by atoms with Crippen molar-refractivity contribution in [3.05, 3.63) is 35.9 Å². The Morgan fingerprint density at radius 2 is 2.15 bits per heavy atom. The van der Waals surface area contributed by atoms with Gasteiger partial charge in [-0.25, -0.2) is 0 Å². The Morgan fingerprint density at radius 1 is 1.45 bits per heavy atom. The Kier molecular flexibility index (Phi) is 6.46. The molecular weight excluding hydrogens is 276 g/mol. The zero-order valence-electron chi connectivity index (χ0n) is 11.8. The highest BCUT2D eigenvalue weighted by molar-refractivity contribution is 5.86. The maximum absolute atomic E-state index is 12.0. The van der Waals surface area contributed by atoms with Crippen LogP contribution >= 0.6 is 12.4 Å². The third kappa shape index (κ3) is 4.20. The summed E-state index contributed by atoms with van der Waals surface area (Å²) in [5, 5.41) is 16.1. The monoisotopic (exact) mass is 298 g/mol. The number of nitrogens with one attached hydrogen (secondary N) is 2. The van der Waals surface area contributed by atoms with Crippen LogP contribution in [-0.2, 0) is 4.79 Å². The molecule has 20 heavy (non-hydrogen) atoms. The minimum absolute atomic E-state index is 0. The first-order valence-electron chi connectivity index (χ1n) is 6.88. The highest BCUT2D eigenvalue weighted by Crippen LogP contribution is 2.19. The van der Waals surface area contributed by atoms with Crippen molar-refractivity contribution < 1.29 is 9.90 Å². The van der Waals surface area contributed by atoms with Crippen molar-refractivity contribution in [2.24, 2.45) is 0 Å². The van der Waals surface area contributed by atoms with Crippen LogP contribution in [0.4, 0.5) is 0 Å². The first kappa shape index (κ1) is 17.0. The maximum Gasteiger partial charge on any atom is 0.240 e. The lowest BCUT2D eigenvalue weighted by atomic mass is 9.99. The van der Waals surface area contributed by atoms with Crippen molar-refractivity contribution in [3.8, 4) is 0 Å². The molecule has 2 unspecified atom stereocenters. The molecule has 1 amide bonds. The van der Waals surface area contributed by atoms with E-state index in [1.807, 2.05) is 37.3 Å². The quantitative estimate of drug-likeness (QED) is 0.777. The molecule has 0 spiro atoms. The van der Waals surface area contributed by atoms with Crippen molar-refractivity contribution >= 4 is 18.3 Å². The Morgan fingerprint density at radius 3 is 2.75 bits per heavy atom. The van der Waals surface area contributed by atoms with E-state index in [0.29, 0.717) is 13.0 Å². The van der Waals surface area contributed by atoms with Gasteiger partial charge in [0.1, 0.15) is 0 Å². The van der Waals surface area contributed by atoms with Crippen LogP contribution in [0.15, 0.2) is 30.3 Å². The highest BCUT2D eigenvalue weighted by atomic mass is 35.5. The van der Waals surface area contributed by atoms with E-state index >= 15 is 0 Å². The lowest BCUT2D eigenvalue weighted by molar-refractivity contribution is -0.126. The largest absolute Gasteiger partial charge is 0.388 e.